The average molecular weight is 473 g/mol. The maximum absolute atomic E-state index is 13.4. The predicted octanol–water partition coefficient (Wildman–Crippen LogP) is 4.78. The zero-order chi connectivity index (χ0) is 24.1. The van der Waals surface area contributed by atoms with Crippen LogP contribution in [0.25, 0.3) is 0 Å². The summed E-state index contributed by atoms with van der Waals surface area (Å²) in [4.78, 5) is 19.5. The minimum Gasteiger partial charge on any atom is -0.497 e. The Morgan fingerprint density at radius 1 is 1.24 bits per heavy atom. The van der Waals surface area contributed by atoms with Crippen LogP contribution in [-0.4, -0.2) is 46.7 Å². The molecule has 180 valence electrons. The quantitative estimate of drug-likeness (QED) is 0.473. The van der Waals surface area contributed by atoms with E-state index in [2.05, 4.69) is 4.98 Å². The van der Waals surface area contributed by atoms with Crippen molar-refractivity contribution in [1.82, 2.24) is 14.5 Å². The molecule has 1 aliphatic rings. The first kappa shape index (κ1) is 23.8. The van der Waals surface area contributed by atoms with Crippen LogP contribution in [0, 0.1) is 0 Å². The number of halogens is 3. The van der Waals surface area contributed by atoms with Crippen LogP contribution in [0.5, 0.6) is 5.75 Å². The Hall–Kier alpha value is -3.33. The van der Waals surface area contributed by atoms with E-state index in [9.17, 15) is 18.0 Å². The Kier molecular flexibility index (Phi) is 7.21. The van der Waals surface area contributed by atoms with Gasteiger partial charge in [0, 0.05) is 37.7 Å². The van der Waals surface area contributed by atoms with E-state index in [1.54, 1.807) is 48.7 Å². The van der Waals surface area contributed by atoms with Crippen molar-refractivity contribution in [3.05, 3.63) is 83.4 Å². The molecule has 4 rings (SSSR count). The number of amides is 1. The van der Waals surface area contributed by atoms with Crippen LogP contribution in [0.1, 0.15) is 40.2 Å². The van der Waals surface area contributed by atoms with Gasteiger partial charge >= 0.3 is 6.18 Å². The van der Waals surface area contributed by atoms with Gasteiger partial charge in [0.1, 0.15) is 11.6 Å². The summed E-state index contributed by atoms with van der Waals surface area (Å²) in [5.74, 6) is 1.05. The zero-order valence-electron chi connectivity index (χ0n) is 18.8. The number of aromatic nitrogens is 2. The summed E-state index contributed by atoms with van der Waals surface area (Å²) in [5, 5.41) is 0. The molecule has 0 spiro atoms. The maximum atomic E-state index is 13.4. The number of nitrogens with zero attached hydrogens (tertiary/aromatic N) is 3. The molecule has 1 amide bonds. The predicted molar refractivity (Wildman–Crippen MR) is 119 cm³/mol. The molecule has 1 aliphatic heterocycles. The maximum Gasteiger partial charge on any atom is 0.416 e. The molecule has 0 aliphatic carbocycles. The van der Waals surface area contributed by atoms with Gasteiger partial charge in [-0.1, -0.05) is 18.2 Å². The molecule has 0 N–H and O–H groups in total. The molecule has 1 saturated heterocycles. The van der Waals surface area contributed by atoms with E-state index in [0.717, 1.165) is 25.0 Å². The smallest absolute Gasteiger partial charge is 0.416 e. The second-order valence-corrected chi connectivity index (χ2v) is 8.22. The first-order valence-corrected chi connectivity index (χ1v) is 11.0. The summed E-state index contributed by atoms with van der Waals surface area (Å²) < 4.78 is 51.4. The summed E-state index contributed by atoms with van der Waals surface area (Å²) in [6.45, 7) is 1.68. The van der Waals surface area contributed by atoms with Crippen molar-refractivity contribution < 1.29 is 27.4 Å². The third kappa shape index (κ3) is 5.77. The first-order valence-electron chi connectivity index (χ1n) is 11.0. The lowest BCUT2D eigenvalue weighted by Crippen LogP contribution is -2.37. The molecule has 34 heavy (non-hydrogen) atoms. The summed E-state index contributed by atoms with van der Waals surface area (Å²) >= 11 is 0. The fraction of sp³-hybridized carbons (Fsp3) is 0.360. The fourth-order valence-corrected chi connectivity index (χ4v) is 3.99. The van der Waals surface area contributed by atoms with Crippen LogP contribution in [0.15, 0.2) is 60.9 Å². The molecule has 6 nitrogen and oxygen atoms in total. The number of carbonyl (C=O) groups excluding carboxylic acids is 1. The SMILES string of the molecule is COc1cccc(C(=O)N(Cc2nccn2Cc2ccc(C(F)(F)F)cc2)CC2CCCO2)c1. The highest BCUT2D eigenvalue weighted by Crippen LogP contribution is 2.29. The van der Waals surface area contributed by atoms with Crippen molar-refractivity contribution in [1.29, 1.82) is 0 Å². The van der Waals surface area contributed by atoms with Crippen LogP contribution < -0.4 is 4.74 Å². The summed E-state index contributed by atoms with van der Waals surface area (Å²) in [6, 6.07) is 12.0. The van der Waals surface area contributed by atoms with Gasteiger partial charge in [0.05, 0.1) is 25.3 Å². The average Bonchev–Trinajstić information content (AvgIpc) is 3.50. The largest absolute Gasteiger partial charge is 0.497 e. The van der Waals surface area contributed by atoms with Crippen molar-refractivity contribution in [3.63, 3.8) is 0 Å². The number of carbonyl (C=O) groups is 1. The summed E-state index contributed by atoms with van der Waals surface area (Å²) in [6.07, 6.45) is 0.790. The number of ether oxygens (including phenoxy) is 2. The topological polar surface area (TPSA) is 56.6 Å². The molecule has 1 aromatic heterocycles. The molecule has 1 fully saturated rings. The molecule has 1 atom stereocenters. The van der Waals surface area contributed by atoms with Gasteiger partial charge in [-0.2, -0.15) is 13.2 Å². The fourth-order valence-electron chi connectivity index (χ4n) is 3.99. The lowest BCUT2D eigenvalue weighted by Gasteiger charge is -2.26. The number of benzene rings is 2. The van der Waals surface area contributed by atoms with Crippen molar-refractivity contribution in [3.8, 4) is 5.75 Å². The number of imidazole rings is 1. The number of hydrogen-bond acceptors (Lipinski definition) is 4. The van der Waals surface area contributed by atoms with Crippen molar-refractivity contribution in [2.24, 2.45) is 0 Å². The van der Waals surface area contributed by atoms with Crippen LogP contribution in [0.2, 0.25) is 0 Å². The highest BCUT2D eigenvalue weighted by molar-refractivity contribution is 5.94. The third-order valence-corrected chi connectivity index (χ3v) is 5.82. The summed E-state index contributed by atoms with van der Waals surface area (Å²) in [5.41, 5.74) is 0.518. The number of alkyl halides is 3. The van der Waals surface area contributed by atoms with E-state index in [-0.39, 0.29) is 18.6 Å². The van der Waals surface area contributed by atoms with E-state index >= 15 is 0 Å². The minimum absolute atomic E-state index is 0.0483. The lowest BCUT2D eigenvalue weighted by molar-refractivity contribution is -0.137. The van der Waals surface area contributed by atoms with Gasteiger partial charge < -0.3 is 18.9 Å². The highest BCUT2D eigenvalue weighted by atomic mass is 19.4. The van der Waals surface area contributed by atoms with Crippen LogP contribution in [0.4, 0.5) is 13.2 Å². The van der Waals surface area contributed by atoms with Gasteiger partial charge in [-0.05, 0) is 48.7 Å². The second-order valence-electron chi connectivity index (χ2n) is 8.22. The van der Waals surface area contributed by atoms with E-state index in [1.165, 1.54) is 12.1 Å². The van der Waals surface area contributed by atoms with Crippen molar-refractivity contribution in [2.75, 3.05) is 20.3 Å². The Labute approximate surface area is 195 Å². The normalized spacial score (nSPS) is 15.9. The molecule has 0 bridgehead atoms. The third-order valence-electron chi connectivity index (χ3n) is 5.82. The lowest BCUT2D eigenvalue weighted by atomic mass is 10.1. The Morgan fingerprint density at radius 2 is 2.03 bits per heavy atom. The molecule has 1 unspecified atom stereocenters. The zero-order valence-corrected chi connectivity index (χ0v) is 18.8. The highest BCUT2D eigenvalue weighted by Gasteiger charge is 2.30. The van der Waals surface area contributed by atoms with Gasteiger partial charge in [0.15, 0.2) is 0 Å². The Bertz CT molecular complexity index is 1110. The Balaban J connectivity index is 1.53. The summed E-state index contributed by atoms with van der Waals surface area (Å²) in [7, 11) is 1.55. The van der Waals surface area contributed by atoms with Gasteiger partial charge in [0.2, 0.25) is 0 Å². The van der Waals surface area contributed by atoms with Crippen molar-refractivity contribution >= 4 is 5.91 Å². The number of hydrogen-bond donors (Lipinski definition) is 0. The van der Waals surface area contributed by atoms with Crippen LogP contribution in [0.3, 0.4) is 0 Å². The van der Waals surface area contributed by atoms with Gasteiger partial charge in [-0.25, -0.2) is 4.98 Å². The molecule has 2 heterocycles. The van der Waals surface area contributed by atoms with Gasteiger partial charge in [0.25, 0.3) is 5.91 Å². The van der Waals surface area contributed by atoms with Gasteiger partial charge in [-0.3, -0.25) is 4.79 Å². The van der Waals surface area contributed by atoms with Crippen LogP contribution >= 0.6 is 0 Å². The minimum atomic E-state index is -4.37. The van der Waals surface area contributed by atoms with E-state index in [1.807, 2.05) is 4.57 Å². The van der Waals surface area contributed by atoms with Crippen LogP contribution in [-0.2, 0) is 24.0 Å². The molecule has 0 radical (unpaired) electrons. The number of methoxy groups -OCH3 is 1. The van der Waals surface area contributed by atoms with E-state index in [0.29, 0.717) is 42.4 Å². The molecular weight excluding hydrogens is 447 g/mol. The molecule has 0 saturated carbocycles. The van der Waals surface area contributed by atoms with Crippen molar-refractivity contribution in [2.45, 2.75) is 38.2 Å². The number of rotatable bonds is 8. The van der Waals surface area contributed by atoms with E-state index in [4.69, 9.17) is 9.47 Å². The molecule has 9 heteroatoms. The second kappa shape index (κ2) is 10.3. The molecular formula is C25H26F3N3O3. The molecule has 2 aromatic carbocycles. The standard InChI is InChI=1S/C25H26F3N3O3/c1-33-21-5-2-4-19(14-21)24(32)31(16-22-6-3-13-34-22)17-23-29-11-12-30(23)15-18-7-9-20(10-8-18)25(26,27)28/h2,4-5,7-12,14,22H,3,6,13,15-17H2,1H3. The van der Waals surface area contributed by atoms with Gasteiger partial charge in [-0.15, -0.1) is 0 Å². The van der Waals surface area contributed by atoms with E-state index < -0.39 is 11.7 Å². The Morgan fingerprint density at radius 3 is 2.71 bits per heavy atom. The molecule has 3 aromatic rings. The monoisotopic (exact) mass is 473 g/mol. The first-order chi connectivity index (χ1) is 16.3.